The molecule has 0 rings (SSSR count). The van der Waals surface area contributed by atoms with Crippen molar-refractivity contribution in [3.05, 3.63) is 24.7 Å². The van der Waals surface area contributed by atoms with Gasteiger partial charge in [0.25, 0.3) is 0 Å². The molecule has 0 aliphatic carbocycles. The van der Waals surface area contributed by atoms with Crippen molar-refractivity contribution in [1.29, 1.82) is 0 Å². The Labute approximate surface area is 92.7 Å². The summed E-state index contributed by atoms with van der Waals surface area (Å²) < 4.78 is 15.5. The van der Waals surface area contributed by atoms with Crippen molar-refractivity contribution in [3.8, 4) is 0 Å². The fourth-order valence-electron chi connectivity index (χ4n) is 0.884. The zero-order valence-corrected chi connectivity index (χ0v) is 9.78. The van der Waals surface area contributed by atoms with E-state index in [4.69, 9.17) is 14.2 Å². The Kier molecular flexibility index (Phi) is 12.5. The van der Waals surface area contributed by atoms with Crippen LogP contribution in [0.15, 0.2) is 24.7 Å². The largest absolute Gasteiger partial charge is 0.473 e. The molecule has 0 aliphatic heterocycles. The van der Waals surface area contributed by atoms with E-state index in [1.807, 2.05) is 26.0 Å². The van der Waals surface area contributed by atoms with Crippen LogP contribution in [0.4, 0.5) is 0 Å². The summed E-state index contributed by atoms with van der Waals surface area (Å²) >= 11 is 0. The second-order valence-corrected chi connectivity index (χ2v) is 2.85. The normalized spacial score (nSPS) is 11.6. The van der Waals surface area contributed by atoms with Crippen LogP contribution in [0.3, 0.4) is 0 Å². The Morgan fingerprint density at radius 2 is 1.27 bits per heavy atom. The van der Waals surface area contributed by atoms with Gasteiger partial charge >= 0.3 is 0 Å². The summed E-state index contributed by atoms with van der Waals surface area (Å²) in [6, 6.07) is 0. The summed E-state index contributed by atoms with van der Waals surface area (Å²) in [5, 5.41) is 0. The molecular formula is C12H22O3. The van der Waals surface area contributed by atoms with Crippen LogP contribution < -0.4 is 0 Å². The van der Waals surface area contributed by atoms with Crippen molar-refractivity contribution in [3.63, 3.8) is 0 Å². The lowest BCUT2D eigenvalue weighted by molar-refractivity contribution is 0.151. The molecule has 0 fully saturated rings. The van der Waals surface area contributed by atoms with Crippen molar-refractivity contribution >= 4 is 0 Å². The molecule has 0 radical (unpaired) electrons. The Hall–Kier alpha value is -0.800. The van der Waals surface area contributed by atoms with E-state index in [-0.39, 0.29) is 0 Å². The van der Waals surface area contributed by atoms with E-state index in [0.717, 1.165) is 39.3 Å². The summed E-state index contributed by atoms with van der Waals surface area (Å²) in [5.74, 6) is 0. The smallest absolute Gasteiger partial charge is 0.0862 e. The maximum Gasteiger partial charge on any atom is 0.0862 e. The van der Waals surface area contributed by atoms with Crippen molar-refractivity contribution < 1.29 is 14.2 Å². The molecule has 0 aromatic carbocycles. The average Bonchev–Trinajstić information content (AvgIpc) is 2.26. The Morgan fingerprint density at radius 1 is 0.800 bits per heavy atom. The minimum Gasteiger partial charge on any atom is -0.473 e. The molecule has 0 aromatic heterocycles. The third kappa shape index (κ3) is 13.2. The predicted octanol–water partition coefficient (Wildman–Crippen LogP) is 2.88. The Morgan fingerprint density at radius 3 is 1.67 bits per heavy atom. The lowest BCUT2D eigenvalue weighted by atomic mass is 10.4. The van der Waals surface area contributed by atoms with E-state index in [2.05, 4.69) is 0 Å². The minimum atomic E-state index is 0.754. The Balaban J connectivity index is 3.14. The van der Waals surface area contributed by atoms with Gasteiger partial charge in [0, 0.05) is 13.2 Å². The van der Waals surface area contributed by atoms with Gasteiger partial charge in [-0.2, -0.15) is 0 Å². The Bertz CT molecular complexity index is 146. The first-order valence-electron chi connectivity index (χ1n) is 5.52. The molecule has 0 heterocycles. The molecule has 0 saturated heterocycles. The number of ether oxygens (including phenoxy) is 3. The molecule has 0 N–H and O–H groups in total. The highest BCUT2D eigenvalue weighted by Crippen LogP contribution is 1.89. The number of hydrogen-bond donors (Lipinski definition) is 0. The first kappa shape index (κ1) is 14.2. The highest BCUT2D eigenvalue weighted by Gasteiger charge is 1.81. The van der Waals surface area contributed by atoms with Crippen molar-refractivity contribution in [2.45, 2.75) is 26.7 Å². The topological polar surface area (TPSA) is 27.7 Å². The third-order valence-electron chi connectivity index (χ3n) is 1.62. The van der Waals surface area contributed by atoms with Gasteiger partial charge in [-0.1, -0.05) is 0 Å². The van der Waals surface area contributed by atoms with E-state index in [0.29, 0.717) is 0 Å². The summed E-state index contributed by atoms with van der Waals surface area (Å²) in [5.41, 5.74) is 0. The molecule has 0 unspecified atom stereocenters. The SMILES string of the molecule is CCOCCC=COC=CCCOCC. The molecule has 3 heteroatoms. The molecule has 0 atom stereocenters. The summed E-state index contributed by atoms with van der Waals surface area (Å²) in [7, 11) is 0. The van der Waals surface area contributed by atoms with E-state index < -0.39 is 0 Å². The van der Waals surface area contributed by atoms with Gasteiger partial charge in [0.1, 0.15) is 0 Å². The van der Waals surface area contributed by atoms with Crippen LogP contribution in [0.5, 0.6) is 0 Å². The van der Waals surface area contributed by atoms with Gasteiger partial charge in [0.05, 0.1) is 25.7 Å². The van der Waals surface area contributed by atoms with Crippen LogP contribution in [0.25, 0.3) is 0 Å². The van der Waals surface area contributed by atoms with Gasteiger partial charge in [-0.25, -0.2) is 0 Å². The monoisotopic (exact) mass is 214 g/mol. The summed E-state index contributed by atoms with van der Waals surface area (Å²) in [4.78, 5) is 0. The first-order chi connectivity index (χ1) is 7.41. The van der Waals surface area contributed by atoms with Gasteiger partial charge < -0.3 is 14.2 Å². The molecule has 0 saturated carbocycles. The quantitative estimate of drug-likeness (QED) is 0.413. The summed E-state index contributed by atoms with van der Waals surface area (Å²) in [6.45, 7) is 7.02. The minimum absolute atomic E-state index is 0.754. The number of hydrogen-bond acceptors (Lipinski definition) is 3. The molecule has 15 heavy (non-hydrogen) atoms. The van der Waals surface area contributed by atoms with Crippen molar-refractivity contribution in [2.24, 2.45) is 0 Å². The maximum atomic E-state index is 5.16. The first-order valence-corrected chi connectivity index (χ1v) is 5.52. The van der Waals surface area contributed by atoms with Crippen LogP contribution in [-0.4, -0.2) is 26.4 Å². The van der Waals surface area contributed by atoms with Gasteiger partial charge in [-0.15, -0.1) is 0 Å². The second-order valence-electron chi connectivity index (χ2n) is 2.85. The van der Waals surface area contributed by atoms with E-state index in [1.54, 1.807) is 12.5 Å². The van der Waals surface area contributed by atoms with Gasteiger partial charge in [-0.3, -0.25) is 0 Å². The van der Waals surface area contributed by atoms with Crippen molar-refractivity contribution in [2.75, 3.05) is 26.4 Å². The molecule has 88 valence electrons. The molecule has 0 amide bonds. The third-order valence-corrected chi connectivity index (χ3v) is 1.62. The lowest BCUT2D eigenvalue weighted by Gasteiger charge is -1.96. The van der Waals surface area contributed by atoms with Gasteiger partial charge in [0.2, 0.25) is 0 Å². The average molecular weight is 214 g/mol. The highest BCUT2D eigenvalue weighted by molar-refractivity contribution is 4.79. The predicted molar refractivity (Wildman–Crippen MR) is 61.6 cm³/mol. The molecule has 0 spiro atoms. The fourth-order valence-corrected chi connectivity index (χ4v) is 0.884. The van der Waals surface area contributed by atoms with Crippen LogP contribution >= 0.6 is 0 Å². The second kappa shape index (κ2) is 13.2. The van der Waals surface area contributed by atoms with Crippen LogP contribution in [0.2, 0.25) is 0 Å². The molecule has 0 aromatic rings. The van der Waals surface area contributed by atoms with E-state index >= 15 is 0 Å². The zero-order valence-electron chi connectivity index (χ0n) is 9.78. The zero-order chi connectivity index (χ0) is 11.2. The van der Waals surface area contributed by atoms with Crippen LogP contribution in [-0.2, 0) is 14.2 Å². The highest BCUT2D eigenvalue weighted by atomic mass is 16.5. The van der Waals surface area contributed by atoms with Crippen LogP contribution in [0.1, 0.15) is 26.7 Å². The van der Waals surface area contributed by atoms with E-state index in [1.165, 1.54) is 0 Å². The number of rotatable bonds is 10. The molecular weight excluding hydrogens is 192 g/mol. The van der Waals surface area contributed by atoms with E-state index in [9.17, 15) is 0 Å². The lowest BCUT2D eigenvalue weighted by Crippen LogP contribution is -1.90. The standard InChI is InChI=1S/C12H22O3/c1-3-13-9-5-7-11-15-12-8-6-10-14-4-2/h7-8,11-12H,3-6,9-10H2,1-2H3. The molecule has 3 nitrogen and oxygen atoms in total. The molecule has 0 bridgehead atoms. The van der Waals surface area contributed by atoms with Gasteiger partial charge in [0.15, 0.2) is 0 Å². The van der Waals surface area contributed by atoms with Gasteiger partial charge in [-0.05, 0) is 38.8 Å². The maximum absolute atomic E-state index is 5.16. The fraction of sp³-hybridized carbons (Fsp3) is 0.667. The summed E-state index contributed by atoms with van der Waals surface area (Å²) in [6.07, 6.45) is 9.03. The van der Waals surface area contributed by atoms with Crippen molar-refractivity contribution in [1.82, 2.24) is 0 Å². The van der Waals surface area contributed by atoms with Crippen LogP contribution in [0, 0.1) is 0 Å². The molecule has 0 aliphatic rings.